The Bertz CT molecular complexity index is 919. The van der Waals surface area contributed by atoms with E-state index in [9.17, 15) is 13.2 Å². The summed E-state index contributed by atoms with van der Waals surface area (Å²) in [6.07, 6.45) is 0.729. The highest BCUT2D eigenvalue weighted by Crippen LogP contribution is 2.35. The number of nitrogens with zero attached hydrogens (tertiary/aromatic N) is 1. The molecule has 2 aromatic rings. The molecule has 2 rings (SSSR count). The maximum Gasteiger partial charge on any atom is 0.266 e. The van der Waals surface area contributed by atoms with Crippen molar-refractivity contribution < 1.29 is 17.9 Å². The molecule has 0 atom stereocenters. The molecule has 27 heavy (non-hydrogen) atoms. The predicted octanol–water partition coefficient (Wildman–Crippen LogP) is 3.72. The molecule has 0 unspecified atom stereocenters. The van der Waals surface area contributed by atoms with Crippen LogP contribution < -0.4 is 14.4 Å². The summed E-state index contributed by atoms with van der Waals surface area (Å²) in [4.78, 5) is 12.1. The van der Waals surface area contributed by atoms with Crippen molar-refractivity contribution in [2.75, 3.05) is 24.5 Å². The third kappa shape index (κ3) is 5.06. The van der Waals surface area contributed by atoms with E-state index >= 15 is 0 Å². The Morgan fingerprint density at radius 1 is 1.19 bits per heavy atom. The normalized spacial score (nSPS) is 11.1. The lowest BCUT2D eigenvalue weighted by Crippen LogP contribution is -2.41. The van der Waals surface area contributed by atoms with Crippen LogP contribution in [-0.4, -0.2) is 34.5 Å². The van der Waals surface area contributed by atoms with E-state index in [2.05, 4.69) is 5.32 Å². The van der Waals surface area contributed by atoms with E-state index in [4.69, 9.17) is 27.9 Å². The lowest BCUT2D eigenvalue weighted by Gasteiger charge is -2.26. The van der Waals surface area contributed by atoms with E-state index in [1.165, 1.54) is 25.3 Å². The molecule has 1 amide bonds. The van der Waals surface area contributed by atoms with E-state index < -0.39 is 22.5 Å². The third-order valence-corrected chi connectivity index (χ3v) is 6.15. The minimum Gasteiger partial charge on any atom is -0.495 e. The number of benzene rings is 2. The van der Waals surface area contributed by atoms with Crippen molar-refractivity contribution in [3.05, 3.63) is 52.5 Å². The van der Waals surface area contributed by atoms with Crippen LogP contribution in [0.2, 0.25) is 10.0 Å². The fourth-order valence-corrected chi connectivity index (χ4v) is 4.55. The molecule has 0 saturated carbocycles. The zero-order valence-corrected chi connectivity index (χ0v) is 17.2. The summed E-state index contributed by atoms with van der Waals surface area (Å²) in [5.74, 6) is -0.132. The van der Waals surface area contributed by atoms with Crippen molar-refractivity contribution in [1.29, 1.82) is 0 Å². The Kier molecular flexibility index (Phi) is 7.35. The summed E-state index contributed by atoms with van der Waals surface area (Å²) in [7, 11) is -2.76. The molecule has 0 spiro atoms. The van der Waals surface area contributed by atoms with Gasteiger partial charge in [-0.1, -0.05) is 42.3 Å². The summed E-state index contributed by atoms with van der Waals surface area (Å²) in [6, 6.07) is 10.7. The molecule has 0 fully saturated rings. The van der Waals surface area contributed by atoms with Gasteiger partial charge in [-0.3, -0.25) is 9.10 Å². The Hall–Kier alpha value is -1.96. The van der Waals surface area contributed by atoms with Gasteiger partial charge < -0.3 is 10.1 Å². The van der Waals surface area contributed by atoms with Crippen LogP contribution in [0.5, 0.6) is 5.75 Å². The van der Waals surface area contributed by atoms with Crippen LogP contribution in [0, 0.1) is 0 Å². The molecule has 2 aromatic carbocycles. The molecule has 9 heteroatoms. The summed E-state index contributed by atoms with van der Waals surface area (Å²) in [5.41, 5.74) is 0.225. The molecular weight excluding hydrogens is 411 g/mol. The molecule has 6 nitrogen and oxygen atoms in total. The van der Waals surface area contributed by atoms with Crippen LogP contribution in [-0.2, 0) is 14.8 Å². The number of methoxy groups -OCH3 is 1. The standard InChI is InChI=1S/C18H20Cl2N2O4S/c1-3-10-21-18(23)12-22(15-6-4-5-7-16(15)26-2)27(24,25)17-11-13(19)8-9-14(17)20/h4-9,11H,3,10,12H2,1-2H3,(H,21,23). The van der Waals surface area contributed by atoms with Gasteiger partial charge in [-0.2, -0.15) is 0 Å². The summed E-state index contributed by atoms with van der Waals surface area (Å²) >= 11 is 12.1. The molecule has 0 aromatic heterocycles. The van der Waals surface area contributed by atoms with Gasteiger partial charge in [0.1, 0.15) is 17.2 Å². The molecule has 0 bridgehead atoms. The zero-order chi connectivity index (χ0) is 20.0. The molecule has 0 saturated heterocycles. The van der Waals surface area contributed by atoms with Crippen molar-refractivity contribution in [2.45, 2.75) is 18.2 Å². The second-order valence-electron chi connectivity index (χ2n) is 5.61. The van der Waals surface area contributed by atoms with Gasteiger partial charge in [-0.15, -0.1) is 0 Å². The van der Waals surface area contributed by atoms with Gasteiger partial charge in [-0.25, -0.2) is 8.42 Å². The lowest BCUT2D eigenvalue weighted by molar-refractivity contribution is -0.119. The molecule has 0 aliphatic heterocycles. The number of carbonyl (C=O) groups is 1. The number of sulfonamides is 1. The number of amides is 1. The quantitative estimate of drug-likeness (QED) is 0.691. The first-order chi connectivity index (χ1) is 12.8. The second-order valence-corrected chi connectivity index (χ2v) is 8.28. The monoisotopic (exact) mass is 430 g/mol. The number of rotatable bonds is 8. The van der Waals surface area contributed by atoms with Crippen molar-refractivity contribution in [3.63, 3.8) is 0 Å². The molecule has 1 N–H and O–H groups in total. The SMILES string of the molecule is CCCNC(=O)CN(c1ccccc1OC)S(=O)(=O)c1cc(Cl)ccc1Cl. The first kappa shape index (κ1) is 21.3. The highest BCUT2D eigenvalue weighted by atomic mass is 35.5. The maximum atomic E-state index is 13.3. The highest BCUT2D eigenvalue weighted by molar-refractivity contribution is 7.93. The summed E-state index contributed by atoms with van der Waals surface area (Å²) < 4.78 is 32.9. The number of nitrogens with one attached hydrogen (secondary N) is 1. The third-order valence-electron chi connectivity index (χ3n) is 3.67. The number of hydrogen-bond acceptors (Lipinski definition) is 4. The molecule has 0 aliphatic carbocycles. The lowest BCUT2D eigenvalue weighted by atomic mass is 10.3. The Balaban J connectivity index is 2.57. The van der Waals surface area contributed by atoms with Gasteiger partial charge in [0.25, 0.3) is 10.0 Å². The van der Waals surface area contributed by atoms with Crippen molar-refractivity contribution in [2.24, 2.45) is 0 Å². The number of halogens is 2. The van der Waals surface area contributed by atoms with E-state index in [0.29, 0.717) is 12.3 Å². The Morgan fingerprint density at radius 3 is 2.56 bits per heavy atom. The molecular formula is C18H20Cl2N2O4S. The van der Waals surface area contributed by atoms with E-state index in [0.717, 1.165) is 10.7 Å². The number of para-hydroxylation sites is 2. The van der Waals surface area contributed by atoms with Crippen molar-refractivity contribution in [1.82, 2.24) is 5.32 Å². The van der Waals surface area contributed by atoms with E-state index in [1.807, 2.05) is 6.92 Å². The average molecular weight is 431 g/mol. The first-order valence-electron chi connectivity index (χ1n) is 8.18. The zero-order valence-electron chi connectivity index (χ0n) is 14.9. The van der Waals surface area contributed by atoms with Crippen LogP contribution >= 0.6 is 23.2 Å². The van der Waals surface area contributed by atoms with Crippen molar-refractivity contribution >= 4 is 44.8 Å². The number of ether oxygens (including phenoxy) is 1. The van der Waals surface area contributed by atoms with Crippen LogP contribution in [0.25, 0.3) is 0 Å². The van der Waals surface area contributed by atoms with Crippen molar-refractivity contribution in [3.8, 4) is 5.75 Å². The number of hydrogen-bond donors (Lipinski definition) is 1. The van der Waals surface area contributed by atoms with Crippen LogP contribution in [0.15, 0.2) is 47.4 Å². The molecule has 146 valence electrons. The Morgan fingerprint density at radius 2 is 1.89 bits per heavy atom. The molecule has 0 heterocycles. The fourth-order valence-electron chi connectivity index (χ4n) is 2.38. The molecule has 0 radical (unpaired) electrons. The van der Waals surface area contributed by atoms with Gasteiger partial charge >= 0.3 is 0 Å². The van der Waals surface area contributed by atoms with Crippen LogP contribution in [0.4, 0.5) is 5.69 Å². The topological polar surface area (TPSA) is 75.7 Å². The minimum absolute atomic E-state index is 0.00765. The van der Waals surface area contributed by atoms with Gasteiger partial charge in [0.15, 0.2) is 0 Å². The fraction of sp³-hybridized carbons (Fsp3) is 0.278. The minimum atomic E-state index is -4.18. The van der Waals surface area contributed by atoms with E-state index in [1.54, 1.807) is 24.3 Å². The summed E-state index contributed by atoms with van der Waals surface area (Å²) in [5, 5.41) is 2.90. The first-order valence-corrected chi connectivity index (χ1v) is 10.4. The van der Waals surface area contributed by atoms with Crippen LogP contribution in [0.1, 0.15) is 13.3 Å². The number of anilines is 1. The molecule has 0 aliphatic rings. The average Bonchev–Trinajstić information content (AvgIpc) is 2.66. The van der Waals surface area contributed by atoms with Crippen LogP contribution in [0.3, 0.4) is 0 Å². The number of carbonyl (C=O) groups excluding carboxylic acids is 1. The Labute approximate surface area is 169 Å². The largest absolute Gasteiger partial charge is 0.495 e. The smallest absolute Gasteiger partial charge is 0.266 e. The maximum absolute atomic E-state index is 13.3. The van der Waals surface area contributed by atoms with Gasteiger partial charge in [0.05, 0.1) is 17.8 Å². The van der Waals surface area contributed by atoms with Gasteiger partial charge in [0.2, 0.25) is 5.91 Å². The summed E-state index contributed by atoms with van der Waals surface area (Å²) in [6.45, 7) is 1.92. The highest BCUT2D eigenvalue weighted by Gasteiger charge is 2.31. The second kappa shape index (κ2) is 9.30. The predicted molar refractivity (Wildman–Crippen MR) is 107 cm³/mol. The van der Waals surface area contributed by atoms with Gasteiger partial charge in [-0.05, 0) is 36.8 Å². The van der Waals surface area contributed by atoms with Gasteiger partial charge in [0, 0.05) is 11.6 Å². The van der Waals surface area contributed by atoms with E-state index in [-0.39, 0.29) is 20.6 Å².